The normalized spacial score (nSPS) is 18.2. The van der Waals surface area contributed by atoms with E-state index in [1.165, 1.54) is 0 Å². The Balaban J connectivity index is 5.13. The molecule has 0 nitrogen and oxygen atoms in total. The molecular formula is BI28-. The van der Waals surface area contributed by atoms with Crippen LogP contribution in [-0.2, 0) is 0 Å². The van der Waals surface area contributed by atoms with Gasteiger partial charge < -0.3 is 0 Å². The molecular weight excluding hydrogens is 3560 g/mol. The fourth-order valence-corrected chi connectivity index (χ4v) is 4660. The van der Waals surface area contributed by atoms with E-state index in [9.17, 15) is 0 Å². The Kier molecular flexibility index (Phi) is 51.0. The van der Waals surface area contributed by atoms with Gasteiger partial charge in [0, 0.05) is 0 Å². The van der Waals surface area contributed by atoms with Gasteiger partial charge in [0.25, 0.3) is 0 Å². The Hall–Kier alpha value is 20.5. The topological polar surface area (TPSA) is 0 Å². The molecule has 29 heteroatoms. The third-order valence-electron chi connectivity index (χ3n) is 1.04. The van der Waals surface area contributed by atoms with Gasteiger partial charge in [-0.15, -0.1) is 0 Å². The van der Waals surface area contributed by atoms with Gasteiger partial charge in [-0.1, -0.05) is 0 Å². The number of halogens is 28. The molecule has 0 fully saturated rings. The first-order valence-electron chi connectivity index (χ1n) is 4.08. The molecule has 0 atom stereocenters. The predicted octanol–water partition coefficient (Wildman–Crippen LogP) is 20.5. The first-order chi connectivity index (χ1) is 13.2. The van der Waals surface area contributed by atoms with E-state index in [0.717, 1.165) is 0 Å². The average Bonchev–Trinajstić information content (AvgIpc) is 2.72. The van der Waals surface area contributed by atoms with E-state index in [0.29, 0.717) is 0 Å². The molecule has 0 unspecified atom stereocenters. The van der Waals surface area contributed by atoms with Crippen LogP contribution >= 0.6 is 363 Å². The zero-order chi connectivity index (χ0) is 23.2. The summed E-state index contributed by atoms with van der Waals surface area (Å²) in [5.41, 5.74) is 6.25. The number of rotatable bonds is 13. The van der Waals surface area contributed by atoms with Crippen LogP contribution in [-0.4, -0.2) is 5.70 Å². The van der Waals surface area contributed by atoms with Crippen molar-refractivity contribution in [3.63, 3.8) is 0 Å². The van der Waals surface area contributed by atoms with Gasteiger partial charge in [0.2, 0.25) is 0 Å². The summed E-state index contributed by atoms with van der Waals surface area (Å²) >= 11 is 44.1. The van der Waals surface area contributed by atoms with Crippen LogP contribution in [0.3, 0.4) is 0 Å². The summed E-state index contributed by atoms with van der Waals surface area (Å²) in [6, 6.07) is 0. The van der Waals surface area contributed by atoms with E-state index in [2.05, 4.69) is 261 Å². The molecule has 0 rings (SSSR count). The van der Waals surface area contributed by atoms with Crippen molar-refractivity contribution in [1.29, 1.82) is 0 Å². The third-order valence-corrected chi connectivity index (χ3v) is 2000. The Morgan fingerprint density at radius 1 is 0.345 bits per heavy atom. The molecule has 29 heavy (non-hydrogen) atoms. The third kappa shape index (κ3) is 21.1. The fraction of sp³-hybridized carbons (Fsp3) is 0. The van der Waals surface area contributed by atoms with Crippen molar-refractivity contribution in [3.8, 4) is 0 Å². The summed E-state index contributed by atoms with van der Waals surface area (Å²) in [5, 5.41) is 0. The van der Waals surface area contributed by atoms with Gasteiger partial charge in [-0.05, 0) is 0 Å². The Labute approximate surface area is 364 Å². The Morgan fingerprint density at radius 3 is 0.759 bits per heavy atom. The molecule has 200 valence electrons. The van der Waals surface area contributed by atoms with Gasteiger partial charge >= 0.3 is 386 Å². The van der Waals surface area contributed by atoms with Crippen LogP contribution in [0, 0.1) is 0 Å². The van der Waals surface area contributed by atoms with Crippen LogP contribution in [0.4, 0.5) is 0 Å². The van der Waals surface area contributed by atoms with Crippen molar-refractivity contribution < 1.29 is 17.0 Å². The molecule has 0 amide bonds. The maximum absolute atomic E-state index is 6.25. The molecule has 0 aromatic rings. The van der Waals surface area contributed by atoms with E-state index in [-0.39, 0.29) is 17.0 Å². The molecule has 0 aliphatic heterocycles. The van der Waals surface area contributed by atoms with Crippen LogP contribution in [0.5, 0.6) is 0 Å². The quantitative estimate of drug-likeness (QED) is 0.127. The van der Waals surface area contributed by atoms with Crippen molar-refractivity contribution >= 4 is 369 Å². The summed E-state index contributed by atoms with van der Waals surface area (Å²) in [5.74, 6) is 0. The molecule has 0 heterocycles. The van der Waals surface area contributed by atoms with Crippen LogP contribution < -0.4 is 17.0 Å². The number of hydrogen-bond acceptors (Lipinski definition) is 0. The second kappa shape index (κ2) is 29.9. The van der Waals surface area contributed by atoms with Crippen molar-refractivity contribution in [2.45, 2.75) is 0 Å². The van der Waals surface area contributed by atoms with E-state index in [1.54, 1.807) is 0 Å². The van der Waals surface area contributed by atoms with Gasteiger partial charge in [-0.2, -0.15) is 0 Å². The molecule has 2 radical (unpaired) electrons. The number of hydrogen-bond donors (Lipinski definition) is 0. The molecule has 0 N–H and O–H groups in total. The summed E-state index contributed by atoms with van der Waals surface area (Å²) in [7, 11) is -6.38. The van der Waals surface area contributed by atoms with Crippen molar-refractivity contribution in [3.05, 3.63) is 0 Å². The van der Waals surface area contributed by atoms with E-state index >= 15 is 0 Å². The van der Waals surface area contributed by atoms with Crippen LogP contribution in [0.15, 0.2) is 0 Å². The van der Waals surface area contributed by atoms with Gasteiger partial charge in [0.1, 0.15) is 0 Å². The zero-order valence-corrected chi connectivity index (χ0v) is 71.6. The second-order valence-corrected chi connectivity index (χ2v) is 639. The van der Waals surface area contributed by atoms with Gasteiger partial charge in [0.05, 0.1) is 0 Å². The van der Waals surface area contributed by atoms with Crippen LogP contribution in [0.1, 0.15) is 0 Å². The Morgan fingerprint density at radius 2 is 0.552 bits per heavy atom. The maximum atomic E-state index is 6.25. The standard InChI is InChI=1S/BI28/c1-16-18(4)20(6)22(8)24(10)26(12)28(14)29(15)27(13)25(11)23(9)21(7)19(5)17(2)3/q-1. The molecule has 0 aliphatic carbocycles. The molecule has 0 bridgehead atoms. The second-order valence-electron chi connectivity index (χ2n) is 2.19. The molecule has 0 aromatic carbocycles. The van der Waals surface area contributed by atoms with Crippen molar-refractivity contribution in [2.75, 3.05) is 0 Å². The van der Waals surface area contributed by atoms with Crippen molar-refractivity contribution in [1.82, 2.24) is 0 Å². The van der Waals surface area contributed by atoms with E-state index in [1.807, 2.05) is 0 Å². The molecule has 0 aliphatic rings. The molecule has 0 aromatic heterocycles. The zero-order valence-electron chi connectivity index (χ0n) is 11.2. The summed E-state index contributed by atoms with van der Waals surface area (Å²) < 4.78 is 0. The SMILES string of the molecule is [B][I-]I(I)I(I)I(I)I(I)I(I)I(I)I(I)I(I)I(I)I(I)I(I)I(I)I(I)I. The molecule has 0 saturated carbocycles. The summed E-state index contributed by atoms with van der Waals surface area (Å²) in [4.78, 5) is 0. The van der Waals surface area contributed by atoms with Crippen molar-refractivity contribution in [2.24, 2.45) is 0 Å². The first kappa shape index (κ1) is 49.5. The van der Waals surface area contributed by atoms with E-state index in [4.69, 9.17) is 5.70 Å². The molecule has 0 saturated heterocycles. The minimum absolute atomic E-state index is 0.174. The molecule has 0 spiro atoms. The van der Waals surface area contributed by atoms with Gasteiger partial charge in [-0.25, -0.2) is 0 Å². The summed E-state index contributed by atoms with van der Waals surface area (Å²) in [6.45, 7) is 0. The fourth-order valence-electron chi connectivity index (χ4n) is 0.363. The van der Waals surface area contributed by atoms with Crippen LogP contribution in [0.25, 0.3) is 0 Å². The minimum atomic E-state index is -0.569. The average molecular weight is 3560 g/mol. The Bertz CT molecular complexity index is 430. The van der Waals surface area contributed by atoms with Gasteiger partial charge in [0.15, 0.2) is 0 Å². The summed E-state index contributed by atoms with van der Waals surface area (Å²) in [6.07, 6.45) is 0. The monoisotopic (exact) mass is 3560 g/mol. The van der Waals surface area contributed by atoms with Gasteiger partial charge in [-0.3, -0.25) is 0 Å². The first-order valence-corrected chi connectivity index (χ1v) is 175. The van der Waals surface area contributed by atoms with Crippen LogP contribution in [0.2, 0.25) is 0 Å². The van der Waals surface area contributed by atoms with E-state index < -0.39 is 103 Å². The predicted molar refractivity (Wildman–Crippen MR) is 384 cm³/mol.